The lowest BCUT2D eigenvalue weighted by molar-refractivity contribution is 0.618. The Kier molecular flexibility index (Phi) is 3.17. The molecule has 0 amide bonds. The Morgan fingerprint density at radius 3 is 2.94 bits per heavy atom. The Morgan fingerprint density at radius 2 is 2.29 bits per heavy atom. The highest BCUT2D eigenvalue weighted by atomic mass is 19.1. The fraction of sp³-hybridized carbons (Fsp3) is 0.167. The second-order valence-electron chi connectivity index (χ2n) is 3.66. The van der Waals surface area contributed by atoms with Gasteiger partial charge in [0.15, 0.2) is 0 Å². The Balaban J connectivity index is 2.29. The van der Waals surface area contributed by atoms with Crippen LogP contribution in [-0.4, -0.2) is 9.78 Å². The highest BCUT2D eigenvalue weighted by Gasteiger charge is 2.05. The van der Waals surface area contributed by atoms with E-state index >= 15 is 0 Å². The van der Waals surface area contributed by atoms with E-state index in [1.165, 1.54) is 18.2 Å². The average molecular weight is 230 g/mol. The zero-order chi connectivity index (χ0) is 12.3. The molecule has 0 aliphatic carbocycles. The molecule has 0 aliphatic rings. The van der Waals surface area contributed by atoms with E-state index < -0.39 is 0 Å². The van der Waals surface area contributed by atoms with Crippen LogP contribution in [0, 0.1) is 17.1 Å². The van der Waals surface area contributed by atoms with Crippen LogP contribution in [0.1, 0.15) is 16.7 Å². The van der Waals surface area contributed by atoms with Gasteiger partial charge in [0.05, 0.1) is 24.4 Å². The van der Waals surface area contributed by atoms with Crippen LogP contribution >= 0.6 is 0 Å². The molecule has 2 N–H and O–H groups in total. The number of nitrogens with zero attached hydrogens (tertiary/aromatic N) is 3. The first-order valence-electron chi connectivity index (χ1n) is 5.13. The molecule has 0 saturated carbocycles. The van der Waals surface area contributed by atoms with Crippen molar-refractivity contribution in [2.24, 2.45) is 5.73 Å². The van der Waals surface area contributed by atoms with Gasteiger partial charge >= 0.3 is 0 Å². The summed E-state index contributed by atoms with van der Waals surface area (Å²) < 4.78 is 14.7. The van der Waals surface area contributed by atoms with Crippen LogP contribution in [-0.2, 0) is 13.1 Å². The van der Waals surface area contributed by atoms with Crippen molar-refractivity contribution in [3.63, 3.8) is 0 Å². The maximum Gasteiger partial charge on any atom is 0.123 e. The number of halogens is 1. The summed E-state index contributed by atoms with van der Waals surface area (Å²) in [5.74, 6) is -0.356. The van der Waals surface area contributed by atoms with Crippen molar-refractivity contribution in [1.29, 1.82) is 5.26 Å². The SMILES string of the molecule is N#Cc1ccc(F)cc1Cn1cc(CN)cn1. The summed E-state index contributed by atoms with van der Waals surface area (Å²) in [5.41, 5.74) is 7.44. The predicted octanol–water partition coefficient (Wildman–Crippen LogP) is 1.40. The van der Waals surface area contributed by atoms with Crippen molar-refractivity contribution in [3.05, 3.63) is 53.1 Å². The molecule has 5 heteroatoms. The lowest BCUT2D eigenvalue weighted by Crippen LogP contribution is -2.03. The van der Waals surface area contributed by atoms with Gasteiger partial charge in [0.1, 0.15) is 5.82 Å². The monoisotopic (exact) mass is 230 g/mol. The molecule has 17 heavy (non-hydrogen) atoms. The Bertz CT molecular complexity index is 568. The van der Waals surface area contributed by atoms with Gasteiger partial charge in [-0.1, -0.05) is 0 Å². The van der Waals surface area contributed by atoms with Gasteiger partial charge in [0.2, 0.25) is 0 Å². The first kappa shape index (κ1) is 11.3. The summed E-state index contributed by atoms with van der Waals surface area (Å²) in [7, 11) is 0. The van der Waals surface area contributed by atoms with Gasteiger partial charge in [-0.3, -0.25) is 4.68 Å². The highest BCUT2D eigenvalue weighted by Crippen LogP contribution is 2.12. The molecule has 0 radical (unpaired) electrons. The lowest BCUT2D eigenvalue weighted by Gasteiger charge is -2.04. The standard InChI is InChI=1S/C12H11FN4/c13-12-2-1-10(5-15)11(3-12)8-17-7-9(4-14)6-16-17/h1-3,6-7H,4,8,14H2. The van der Waals surface area contributed by atoms with Crippen molar-refractivity contribution >= 4 is 0 Å². The minimum Gasteiger partial charge on any atom is -0.326 e. The minimum absolute atomic E-state index is 0.356. The van der Waals surface area contributed by atoms with Crippen LogP contribution in [0.15, 0.2) is 30.6 Å². The van der Waals surface area contributed by atoms with E-state index in [0.717, 1.165) is 5.56 Å². The van der Waals surface area contributed by atoms with Crippen LogP contribution in [0.5, 0.6) is 0 Å². The maximum atomic E-state index is 13.1. The van der Waals surface area contributed by atoms with Crippen LogP contribution in [0.4, 0.5) is 4.39 Å². The first-order chi connectivity index (χ1) is 8.22. The number of hydrogen-bond donors (Lipinski definition) is 1. The molecule has 1 aromatic heterocycles. The van der Waals surface area contributed by atoms with Crippen molar-refractivity contribution in [3.8, 4) is 6.07 Å². The normalized spacial score (nSPS) is 10.2. The Labute approximate surface area is 98.1 Å². The Morgan fingerprint density at radius 1 is 1.47 bits per heavy atom. The summed E-state index contributed by atoms with van der Waals surface area (Å²) in [6, 6.07) is 6.13. The minimum atomic E-state index is -0.356. The molecule has 2 aromatic rings. The largest absolute Gasteiger partial charge is 0.326 e. The van der Waals surface area contributed by atoms with Crippen molar-refractivity contribution in [2.45, 2.75) is 13.1 Å². The molecule has 4 nitrogen and oxygen atoms in total. The van der Waals surface area contributed by atoms with Crippen LogP contribution in [0.25, 0.3) is 0 Å². The zero-order valence-corrected chi connectivity index (χ0v) is 9.10. The number of benzene rings is 1. The molecule has 0 unspecified atom stereocenters. The van der Waals surface area contributed by atoms with E-state index in [1.807, 2.05) is 6.07 Å². The van der Waals surface area contributed by atoms with Crippen molar-refractivity contribution in [2.75, 3.05) is 0 Å². The summed E-state index contributed by atoms with van der Waals surface area (Å²) in [5, 5.41) is 13.0. The van der Waals surface area contributed by atoms with Crippen LogP contribution in [0.3, 0.4) is 0 Å². The topological polar surface area (TPSA) is 67.6 Å². The van der Waals surface area contributed by atoms with Gasteiger partial charge in [-0.05, 0) is 23.8 Å². The first-order valence-corrected chi connectivity index (χ1v) is 5.13. The van der Waals surface area contributed by atoms with Gasteiger partial charge < -0.3 is 5.73 Å². The molecule has 0 fully saturated rings. The second-order valence-corrected chi connectivity index (χ2v) is 3.66. The third-order valence-electron chi connectivity index (χ3n) is 2.44. The van der Waals surface area contributed by atoms with Crippen LogP contribution in [0.2, 0.25) is 0 Å². The molecule has 0 bridgehead atoms. The summed E-state index contributed by atoms with van der Waals surface area (Å²) in [4.78, 5) is 0. The summed E-state index contributed by atoms with van der Waals surface area (Å²) in [6.45, 7) is 0.773. The quantitative estimate of drug-likeness (QED) is 0.866. The van der Waals surface area contributed by atoms with Gasteiger partial charge in [-0.15, -0.1) is 0 Å². The van der Waals surface area contributed by atoms with Crippen molar-refractivity contribution in [1.82, 2.24) is 9.78 Å². The number of hydrogen-bond acceptors (Lipinski definition) is 3. The average Bonchev–Trinajstić information content (AvgIpc) is 2.77. The maximum absolute atomic E-state index is 13.1. The number of aromatic nitrogens is 2. The van der Waals surface area contributed by atoms with Crippen molar-refractivity contribution < 1.29 is 4.39 Å². The van der Waals surface area contributed by atoms with Gasteiger partial charge in [-0.25, -0.2) is 4.39 Å². The molecular formula is C12H11FN4. The van der Waals surface area contributed by atoms with E-state index in [0.29, 0.717) is 24.2 Å². The predicted molar refractivity (Wildman–Crippen MR) is 60.3 cm³/mol. The van der Waals surface area contributed by atoms with Crippen LogP contribution < -0.4 is 5.73 Å². The Hall–Kier alpha value is -2.19. The molecule has 0 spiro atoms. The third-order valence-corrected chi connectivity index (χ3v) is 2.44. The summed E-state index contributed by atoms with van der Waals surface area (Å²) >= 11 is 0. The van der Waals surface area contributed by atoms with E-state index in [-0.39, 0.29) is 5.82 Å². The van der Waals surface area contributed by atoms with E-state index in [1.54, 1.807) is 17.1 Å². The van der Waals surface area contributed by atoms with E-state index in [9.17, 15) is 4.39 Å². The number of nitrogens with two attached hydrogens (primary N) is 1. The summed E-state index contributed by atoms with van der Waals surface area (Å²) in [6.07, 6.45) is 3.44. The number of nitriles is 1. The molecule has 1 heterocycles. The van der Waals surface area contributed by atoms with E-state index in [4.69, 9.17) is 11.0 Å². The second kappa shape index (κ2) is 4.76. The fourth-order valence-corrected chi connectivity index (χ4v) is 1.57. The van der Waals surface area contributed by atoms with Gasteiger partial charge in [0.25, 0.3) is 0 Å². The molecule has 2 rings (SSSR count). The third kappa shape index (κ3) is 2.49. The lowest BCUT2D eigenvalue weighted by atomic mass is 10.1. The molecule has 1 aromatic carbocycles. The van der Waals surface area contributed by atoms with Gasteiger partial charge in [-0.2, -0.15) is 10.4 Å². The molecule has 86 valence electrons. The fourth-order valence-electron chi connectivity index (χ4n) is 1.57. The molecule has 0 saturated heterocycles. The van der Waals surface area contributed by atoms with E-state index in [2.05, 4.69) is 5.10 Å². The zero-order valence-electron chi connectivity index (χ0n) is 9.10. The molecule has 0 aliphatic heterocycles. The highest BCUT2D eigenvalue weighted by molar-refractivity contribution is 5.37. The smallest absolute Gasteiger partial charge is 0.123 e. The molecular weight excluding hydrogens is 219 g/mol. The number of rotatable bonds is 3. The van der Waals surface area contributed by atoms with Gasteiger partial charge in [0, 0.05) is 18.3 Å². The molecule has 0 atom stereocenters.